The lowest BCUT2D eigenvalue weighted by atomic mass is 10.2. The highest BCUT2D eigenvalue weighted by Crippen LogP contribution is 2.35. The quantitative estimate of drug-likeness (QED) is 0.367. The molecule has 0 spiro atoms. The van der Waals surface area contributed by atoms with Crippen LogP contribution in [0.3, 0.4) is 0 Å². The number of rotatable bonds is 8. The van der Waals surface area contributed by atoms with Crippen LogP contribution >= 0.6 is 0 Å². The van der Waals surface area contributed by atoms with Gasteiger partial charge in [0.15, 0.2) is 11.5 Å². The van der Waals surface area contributed by atoms with Crippen molar-refractivity contribution in [2.24, 2.45) is 0 Å². The second kappa shape index (κ2) is 9.65. The Morgan fingerprint density at radius 3 is 2.39 bits per heavy atom. The van der Waals surface area contributed by atoms with Gasteiger partial charge < -0.3 is 14.8 Å². The predicted octanol–water partition coefficient (Wildman–Crippen LogP) is 4.89. The lowest BCUT2D eigenvalue weighted by Gasteiger charge is -2.15. The first-order chi connectivity index (χ1) is 15.5. The van der Waals surface area contributed by atoms with Gasteiger partial charge in [0.05, 0.1) is 37.0 Å². The van der Waals surface area contributed by atoms with E-state index in [9.17, 15) is 26.3 Å². The highest BCUT2D eigenvalue weighted by atomic mass is 19.4. The summed E-state index contributed by atoms with van der Waals surface area (Å²) in [6, 6.07) is 4.76. The van der Waals surface area contributed by atoms with E-state index in [0.29, 0.717) is 16.7 Å². The monoisotopic (exact) mass is 476 g/mol. The van der Waals surface area contributed by atoms with Crippen LogP contribution in [-0.4, -0.2) is 41.6 Å². The minimum atomic E-state index is -4.78. The van der Waals surface area contributed by atoms with Crippen LogP contribution in [0.1, 0.15) is 17.1 Å². The largest absolute Gasteiger partial charge is 0.522 e. The van der Waals surface area contributed by atoms with Crippen molar-refractivity contribution in [1.29, 1.82) is 0 Å². The third-order valence-electron chi connectivity index (χ3n) is 4.28. The highest BCUT2D eigenvalue weighted by molar-refractivity contribution is 5.91. The molecule has 0 bridgehead atoms. The first-order valence-electron chi connectivity index (χ1n) is 9.42. The third kappa shape index (κ3) is 6.57. The SMILES string of the molecule is COc1cc2nc(C)nc(NCc3cc(C(F)(F)F)ccn3)c2cc1OCCOC(F)(F)F. The molecule has 0 amide bonds. The second-order valence-electron chi connectivity index (χ2n) is 6.67. The zero-order chi connectivity index (χ0) is 24.2. The van der Waals surface area contributed by atoms with E-state index in [4.69, 9.17) is 9.47 Å². The number of fused-ring (bicyclic) bond motifs is 1. The number of aryl methyl sites for hydroxylation is 1. The number of nitrogens with zero attached hydrogens (tertiary/aromatic N) is 3. The molecule has 2 aromatic heterocycles. The van der Waals surface area contributed by atoms with Crippen LogP contribution in [0.4, 0.5) is 32.2 Å². The average Bonchev–Trinajstić information content (AvgIpc) is 2.73. The summed E-state index contributed by atoms with van der Waals surface area (Å²) < 4.78 is 89.5. The molecule has 0 aliphatic carbocycles. The van der Waals surface area contributed by atoms with Gasteiger partial charge in [0, 0.05) is 17.6 Å². The normalized spacial score (nSPS) is 12.1. The van der Waals surface area contributed by atoms with Crippen LogP contribution in [0.2, 0.25) is 0 Å². The molecule has 1 N–H and O–H groups in total. The van der Waals surface area contributed by atoms with Crippen molar-refractivity contribution in [3.05, 3.63) is 47.5 Å². The van der Waals surface area contributed by atoms with Gasteiger partial charge in [-0.05, 0) is 25.1 Å². The molecule has 0 atom stereocenters. The molecule has 33 heavy (non-hydrogen) atoms. The van der Waals surface area contributed by atoms with E-state index < -0.39 is 31.3 Å². The van der Waals surface area contributed by atoms with Crippen LogP contribution in [0.25, 0.3) is 10.9 Å². The Balaban J connectivity index is 1.85. The number of anilines is 1. The molecule has 0 saturated heterocycles. The van der Waals surface area contributed by atoms with E-state index in [2.05, 4.69) is 25.0 Å². The Labute approximate surface area is 183 Å². The molecule has 0 radical (unpaired) electrons. The number of ether oxygens (including phenoxy) is 3. The molecule has 13 heteroatoms. The summed E-state index contributed by atoms with van der Waals surface area (Å²) in [7, 11) is 1.35. The molecule has 0 aliphatic heterocycles. The number of aromatic nitrogens is 3. The smallest absolute Gasteiger partial charge is 0.493 e. The van der Waals surface area contributed by atoms with Crippen LogP contribution in [0.15, 0.2) is 30.5 Å². The van der Waals surface area contributed by atoms with Crippen molar-refractivity contribution in [2.45, 2.75) is 26.0 Å². The fourth-order valence-electron chi connectivity index (χ4n) is 2.89. The van der Waals surface area contributed by atoms with E-state index in [-0.39, 0.29) is 29.6 Å². The number of hydrogen-bond acceptors (Lipinski definition) is 7. The van der Waals surface area contributed by atoms with Gasteiger partial charge in [0.25, 0.3) is 0 Å². The Hall–Kier alpha value is -3.35. The van der Waals surface area contributed by atoms with Gasteiger partial charge in [0.1, 0.15) is 18.2 Å². The zero-order valence-electron chi connectivity index (χ0n) is 17.3. The number of alkyl halides is 6. The zero-order valence-corrected chi connectivity index (χ0v) is 17.3. The van der Waals surface area contributed by atoms with Gasteiger partial charge in [0.2, 0.25) is 0 Å². The molecule has 0 fully saturated rings. The minimum Gasteiger partial charge on any atom is -0.493 e. The number of halogens is 6. The van der Waals surface area contributed by atoms with Crippen molar-refractivity contribution < 1.29 is 40.6 Å². The Morgan fingerprint density at radius 1 is 0.970 bits per heavy atom. The van der Waals surface area contributed by atoms with Crippen LogP contribution in [0.5, 0.6) is 11.5 Å². The first-order valence-corrected chi connectivity index (χ1v) is 9.42. The lowest BCUT2D eigenvalue weighted by Crippen LogP contribution is -2.18. The standard InChI is InChI=1S/C20H18F6N4O3/c1-11-29-15-9-16(31-2)17(32-5-6-33-20(24,25)26)8-14(15)18(30-11)28-10-13-7-12(3-4-27-13)19(21,22)23/h3-4,7-9H,5-6,10H2,1-2H3,(H,28,29,30). The molecule has 0 saturated carbocycles. The molecular weight excluding hydrogens is 458 g/mol. The predicted molar refractivity (Wildman–Crippen MR) is 105 cm³/mol. The van der Waals surface area contributed by atoms with Gasteiger partial charge in [-0.3, -0.25) is 9.72 Å². The Kier molecular flexibility index (Phi) is 7.10. The van der Waals surface area contributed by atoms with Gasteiger partial charge in [-0.1, -0.05) is 0 Å². The van der Waals surface area contributed by atoms with Crippen LogP contribution in [0, 0.1) is 6.92 Å². The maximum absolute atomic E-state index is 12.9. The van der Waals surface area contributed by atoms with E-state index >= 15 is 0 Å². The number of benzene rings is 1. The van der Waals surface area contributed by atoms with Gasteiger partial charge in [-0.15, -0.1) is 13.2 Å². The highest BCUT2D eigenvalue weighted by Gasteiger charge is 2.31. The van der Waals surface area contributed by atoms with Crippen molar-refractivity contribution >= 4 is 16.7 Å². The van der Waals surface area contributed by atoms with Crippen molar-refractivity contribution in [3.8, 4) is 11.5 Å². The van der Waals surface area contributed by atoms with Crippen LogP contribution < -0.4 is 14.8 Å². The molecule has 0 unspecified atom stereocenters. The molecule has 178 valence electrons. The molecule has 0 aliphatic rings. The number of hydrogen-bond donors (Lipinski definition) is 1. The molecule has 7 nitrogen and oxygen atoms in total. The Morgan fingerprint density at radius 2 is 1.73 bits per heavy atom. The van der Waals surface area contributed by atoms with Crippen LogP contribution in [-0.2, 0) is 17.5 Å². The maximum Gasteiger partial charge on any atom is 0.522 e. The summed E-state index contributed by atoms with van der Waals surface area (Å²) in [4.78, 5) is 12.5. The van der Waals surface area contributed by atoms with Crippen molar-refractivity contribution in [1.82, 2.24) is 15.0 Å². The number of methoxy groups -OCH3 is 1. The molecular formula is C20H18F6N4O3. The summed E-state index contributed by atoms with van der Waals surface area (Å²) in [5.41, 5.74) is -0.277. The van der Waals surface area contributed by atoms with Crippen molar-refractivity contribution in [2.75, 3.05) is 25.6 Å². The molecule has 1 aromatic carbocycles. The number of pyridine rings is 1. The van der Waals surface area contributed by atoms with Crippen molar-refractivity contribution in [3.63, 3.8) is 0 Å². The maximum atomic E-state index is 12.9. The second-order valence-corrected chi connectivity index (χ2v) is 6.67. The van der Waals surface area contributed by atoms with Gasteiger partial charge in [-0.2, -0.15) is 13.2 Å². The molecule has 3 aromatic rings. The summed E-state index contributed by atoms with van der Waals surface area (Å²) in [6.45, 7) is 0.405. The fourth-order valence-corrected chi connectivity index (χ4v) is 2.89. The third-order valence-corrected chi connectivity index (χ3v) is 4.28. The van der Waals surface area contributed by atoms with E-state index in [1.165, 1.54) is 19.2 Å². The summed E-state index contributed by atoms with van der Waals surface area (Å²) in [6.07, 6.45) is -8.23. The van der Waals surface area contributed by atoms with Gasteiger partial charge >= 0.3 is 12.5 Å². The fraction of sp³-hybridized carbons (Fsp3) is 0.350. The summed E-state index contributed by atoms with van der Waals surface area (Å²) in [5, 5.41) is 3.34. The first kappa shape index (κ1) is 24.3. The number of nitrogens with one attached hydrogen (secondary N) is 1. The molecule has 3 rings (SSSR count). The summed E-state index contributed by atoms with van der Waals surface area (Å²) >= 11 is 0. The Bertz CT molecular complexity index is 1120. The van der Waals surface area contributed by atoms with E-state index in [0.717, 1.165) is 18.3 Å². The van der Waals surface area contributed by atoms with E-state index in [1.54, 1.807) is 6.92 Å². The topological polar surface area (TPSA) is 78.4 Å². The summed E-state index contributed by atoms with van der Waals surface area (Å²) in [5.74, 6) is 0.980. The van der Waals surface area contributed by atoms with E-state index in [1.807, 2.05) is 0 Å². The average molecular weight is 476 g/mol. The lowest BCUT2D eigenvalue weighted by molar-refractivity contribution is -0.325. The van der Waals surface area contributed by atoms with Gasteiger partial charge in [-0.25, -0.2) is 9.97 Å². The molecule has 2 heterocycles. The minimum absolute atomic E-state index is 0.0723.